The standard InChI is InChI=1S/C13H15F3N2O2S/c1-2-21(19,20)7-3-6-18-11-5-4-10(9-17)12(8-11)13(14,15)16/h4-5,8,18H,2-3,6-7H2,1H3. The van der Waals surface area contributed by atoms with E-state index in [1.807, 2.05) is 0 Å². The van der Waals surface area contributed by atoms with Gasteiger partial charge < -0.3 is 5.32 Å². The van der Waals surface area contributed by atoms with Crippen LogP contribution in [-0.2, 0) is 16.0 Å². The van der Waals surface area contributed by atoms with Crippen LogP contribution in [0.15, 0.2) is 18.2 Å². The van der Waals surface area contributed by atoms with Gasteiger partial charge in [0.15, 0.2) is 0 Å². The van der Waals surface area contributed by atoms with Gasteiger partial charge in [0.1, 0.15) is 9.84 Å². The van der Waals surface area contributed by atoms with Crippen LogP contribution in [0.5, 0.6) is 0 Å². The van der Waals surface area contributed by atoms with Gasteiger partial charge in [-0.15, -0.1) is 0 Å². The predicted molar refractivity (Wildman–Crippen MR) is 73.6 cm³/mol. The van der Waals surface area contributed by atoms with E-state index >= 15 is 0 Å². The molecule has 0 saturated heterocycles. The van der Waals surface area contributed by atoms with Crippen LogP contribution in [-0.4, -0.2) is 26.5 Å². The SMILES string of the molecule is CCS(=O)(=O)CCCNc1ccc(C#N)c(C(F)(F)F)c1. The lowest BCUT2D eigenvalue weighted by atomic mass is 10.1. The first-order valence-electron chi connectivity index (χ1n) is 6.25. The van der Waals surface area contributed by atoms with E-state index in [-0.39, 0.29) is 23.7 Å². The second-order valence-electron chi connectivity index (χ2n) is 4.39. The molecule has 0 radical (unpaired) electrons. The fraction of sp³-hybridized carbons (Fsp3) is 0.462. The molecule has 8 heteroatoms. The molecule has 116 valence electrons. The molecule has 0 aliphatic heterocycles. The number of sulfone groups is 1. The maximum atomic E-state index is 12.7. The van der Waals surface area contributed by atoms with Crippen molar-refractivity contribution in [3.8, 4) is 6.07 Å². The maximum Gasteiger partial charge on any atom is 0.417 e. The van der Waals surface area contributed by atoms with Gasteiger partial charge in [0.05, 0.1) is 22.9 Å². The summed E-state index contributed by atoms with van der Waals surface area (Å²) in [6, 6.07) is 4.81. The molecule has 0 amide bonds. The van der Waals surface area contributed by atoms with Gasteiger partial charge in [-0.3, -0.25) is 0 Å². The molecule has 0 fully saturated rings. The fourth-order valence-electron chi connectivity index (χ4n) is 1.66. The molecule has 1 rings (SSSR count). The summed E-state index contributed by atoms with van der Waals surface area (Å²) in [5.74, 6) is 0.0288. The third-order valence-electron chi connectivity index (χ3n) is 2.85. The highest BCUT2D eigenvalue weighted by molar-refractivity contribution is 7.91. The van der Waals surface area contributed by atoms with E-state index in [9.17, 15) is 21.6 Å². The van der Waals surface area contributed by atoms with E-state index in [4.69, 9.17) is 5.26 Å². The van der Waals surface area contributed by atoms with Gasteiger partial charge in [0.2, 0.25) is 0 Å². The average molecular weight is 320 g/mol. The first kappa shape index (κ1) is 17.3. The Hall–Kier alpha value is -1.75. The predicted octanol–water partition coefficient (Wildman–Crippen LogP) is 2.81. The third-order valence-corrected chi connectivity index (χ3v) is 4.64. The van der Waals surface area contributed by atoms with Crippen LogP contribution in [0.3, 0.4) is 0 Å². The molecule has 0 heterocycles. The lowest BCUT2D eigenvalue weighted by Gasteiger charge is -2.12. The number of nitrogens with one attached hydrogen (secondary N) is 1. The van der Waals surface area contributed by atoms with E-state index in [1.165, 1.54) is 12.1 Å². The third kappa shape index (κ3) is 5.27. The Kier molecular flexibility index (Phi) is 5.61. The molecule has 1 aromatic carbocycles. The Bertz CT molecular complexity index is 634. The highest BCUT2D eigenvalue weighted by Gasteiger charge is 2.33. The average Bonchev–Trinajstić information content (AvgIpc) is 2.42. The fourth-order valence-corrected chi connectivity index (χ4v) is 2.53. The Balaban J connectivity index is 2.72. The summed E-state index contributed by atoms with van der Waals surface area (Å²) in [4.78, 5) is 0. The molecule has 0 unspecified atom stereocenters. The molecule has 4 nitrogen and oxygen atoms in total. The maximum absolute atomic E-state index is 12.7. The first-order chi connectivity index (χ1) is 9.69. The molecule has 0 aromatic heterocycles. The van der Waals surface area contributed by atoms with E-state index in [0.29, 0.717) is 6.42 Å². The van der Waals surface area contributed by atoms with Crippen molar-refractivity contribution in [3.05, 3.63) is 29.3 Å². The van der Waals surface area contributed by atoms with Gasteiger partial charge in [-0.1, -0.05) is 6.92 Å². The minimum atomic E-state index is -4.60. The van der Waals surface area contributed by atoms with Gasteiger partial charge >= 0.3 is 6.18 Å². The Morgan fingerprint density at radius 2 is 2.00 bits per heavy atom. The van der Waals surface area contributed by atoms with Crippen LogP contribution in [0.4, 0.5) is 18.9 Å². The minimum Gasteiger partial charge on any atom is -0.385 e. The van der Waals surface area contributed by atoms with Crippen LogP contribution in [0, 0.1) is 11.3 Å². The summed E-state index contributed by atoms with van der Waals surface area (Å²) in [6.45, 7) is 1.78. The summed E-state index contributed by atoms with van der Waals surface area (Å²) in [5, 5.41) is 11.4. The first-order valence-corrected chi connectivity index (χ1v) is 8.07. The summed E-state index contributed by atoms with van der Waals surface area (Å²) in [6.07, 6.45) is -4.30. The summed E-state index contributed by atoms with van der Waals surface area (Å²) >= 11 is 0. The second kappa shape index (κ2) is 6.80. The van der Waals surface area contributed by atoms with Crippen molar-refractivity contribution in [1.82, 2.24) is 0 Å². The number of hydrogen-bond acceptors (Lipinski definition) is 4. The molecule has 1 aromatic rings. The van der Waals surface area contributed by atoms with Crippen LogP contribution in [0.2, 0.25) is 0 Å². The van der Waals surface area contributed by atoms with Gasteiger partial charge in [0.25, 0.3) is 0 Å². The van der Waals surface area contributed by atoms with E-state index in [0.717, 1.165) is 12.1 Å². The molecule has 0 saturated carbocycles. The van der Waals surface area contributed by atoms with Gasteiger partial charge in [-0.25, -0.2) is 8.42 Å². The molecule has 0 aliphatic rings. The van der Waals surface area contributed by atoms with Crippen molar-refractivity contribution in [2.45, 2.75) is 19.5 Å². The number of nitriles is 1. The Morgan fingerprint density at radius 3 is 2.52 bits per heavy atom. The van der Waals surface area contributed by atoms with Crippen molar-refractivity contribution < 1.29 is 21.6 Å². The number of halogens is 3. The highest BCUT2D eigenvalue weighted by Crippen LogP contribution is 2.33. The summed E-state index contributed by atoms with van der Waals surface area (Å²) < 4.78 is 60.8. The number of alkyl halides is 3. The lowest BCUT2D eigenvalue weighted by Crippen LogP contribution is -2.13. The van der Waals surface area contributed by atoms with E-state index in [2.05, 4.69) is 5.32 Å². The Labute approximate surface area is 121 Å². The van der Waals surface area contributed by atoms with Crippen molar-refractivity contribution in [2.24, 2.45) is 0 Å². The molecule has 0 aliphatic carbocycles. The molecule has 0 spiro atoms. The van der Waals surface area contributed by atoms with Gasteiger partial charge in [-0.05, 0) is 24.6 Å². The Morgan fingerprint density at radius 1 is 1.33 bits per heavy atom. The number of anilines is 1. The molecule has 1 N–H and O–H groups in total. The minimum absolute atomic E-state index is 0.0150. The molecular weight excluding hydrogens is 305 g/mol. The number of nitrogens with zero attached hydrogens (tertiary/aromatic N) is 1. The highest BCUT2D eigenvalue weighted by atomic mass is 32.2. The number of benzene rings is 1. The largest absolute Gasteiger partial charge is 0.417 e. The van der Waals surface area contributed by atoms with Crippen LogP contribution >= 0.6 is 0 Å². The van der Waals surface area contributed by atoms with E-state index in [1.54, 1.807) is 6.92 Å². The second-order valence-corrected chi connectivity index (χ2v) is 6.86. The van der Waals surface area contributed by atoms with E-state index < -0.39 is 27.1 Å². The van der Waals surface area contributed by atoms with Crippen LogP contribution < -0.4 is 5.32 Å². The van der Waals surface area contributed by atoms with Crippen molar-refractivity contribution in [1.29, 1.82) is 5.26 Å². The van der Waals surface area contributed by atoms with Crippen LogP contribution in [0.25, 0.3) is 0 Å². The zero-order valence-electron chi connectivity index (χ0n) is 11.4. The topological polar surface area (TPSA) is 70.0 Å². The zero-order chi connectivity index (χ0) is 16.1. The number of rotatable bonds is 6. The molecule has 21 heavy (non-hydrogen) atoms. The molecular formula is C13H15F3N2O2S. The van der Waals surface area contributed by atoms with Crippen molar-refractivity contribution in [2.75, 3.05) is 23.4 Å². The quantitative estimate of drug-likeness (QED) is 0.818. The monoisotopic (exact) mass is 320 g/mol. The number of hydrogen-bond donors (Lipinski definition) is 1. The van der Waals surface area contributed by atoms with Crippen molar-refractivity contribution >= 4 is 15.5 Å². The lowest BCUT2D eigenvalue weighted by molar-refractivity contribution is -0.137. The normalized spacial score (nSPS) is 12.0. The van der Waals surface area contributed by atoms with Crippen LogP contribution in [0.1, 0.15) is 24.5 Å². The summed E-state index contributed by atoms with van der Waals surface area (Å²) in [7, 11) is -3.08. The van der Waals surface area contributed by atoms with Gasteiger partial charge in [-0.2, -0.15) is 18.4 Å². The summed E-state index contributed by atoms with van der Waals surface area (Å²) in [5.41, 5.74) is -1.24. The molecule has 0 bridgehead atoms. The smallest absolute Gasteiger partial charge is 0.385 e. The molecule has 0 atom stereocenters. The zero-order valence-corrected chi connectivity index (χ0v) is 12.2. The van der Waals surface area contributed by atoms with Gasteiger partial charge in [0, 0.05) is 18.0 Å². The van der Waals surface area contributed by atoms with Crippen molar-refractivity contribution in [3.63, 3.8) is 0 Å².